The Kier molecular flexibility index (Phi) is 8.76. The molecule has 3 atom stereocenters. The van der Waals surface area contributed by atoms with E-state index in [1.807, 2.05) is 12.1 Å². The van der Waals surface area contributed by atoms with Crippen molar-refractivity contribution in [1.29, 1.82) is 0 Å². The number of aliphatic hydroxyl groups is 2. The van der Waals surface area contributed by atoms with Crippen LogP contribution in [0.15, 0.2) is 27.8 Å². The zero-order chi connectivity index (χ0) is 30.2. The minimum atomic E-state index is -1.71. The van der Waals surface area contributed by atoms with E-state index >= 15 is 0 Å². The number of esters is 1. The number of ether oxygens (including phenoxy) is 2. The van der Waals surface area contributed by atoms with Crippen LogP contribution < -0.4 is 21.7 Å². The lowest BCUT2D eigenvalue weighted by atomic mass is 9.79. The summed E-state index contributed by atoms with van der Waals surface area (Å²) in [6, 6.07) is 5.41. The number of hydrogen-bond acceptors (Lipinski definition) is 9. The first kappa shape index (κ1) is 30.5. The number of thiophene rings is 1. The van der Waals surface area contributed by atoms with E-state index in [-0.39, 0.29) is 34.2 Å². The van der Waals surface area contributed by atoms with E-state index in [9.17, 15) is 29.4 Å². The molecule has 1 aromatic carbocycles. The fraction of sp³-hybridized carbons (Fsp3) is 0.517. The van der Waals surface area contributed by atoms with Crippen LogP contribution >= 0.6 is 11.3 Å². The summed E-state index contributed by atoms with van der Waals surface area (Å²) < 4.78 is 12.8. The first-order chi connectivity index (χ1) is 19.3. The van der Waals surface area contributed by atoms with Crippen molar-refractivity contribution >= 4 is 33.4 Å². The number of carbonyl (C=O) groups excluding carboxylic acids is 2. The molecule has 0 saturated heterocycles. The average Bonchev–Trinajstić information content (AvgIpc) is 3.27. The smallest absolute Gasteiger partial charge is 0.348 e. The monoisotopic (exact) mass is 587 g/mol. The van der Waals surface area contributed by atoms with Crippen molar-refractivity contribution in [2.75, 3.05) is 13.7 Å². The van der Waals surface area contributed by atoms with Gasteiger partial charge in [0.2, 0.25) is 5.91 Å². The number of benzene rings is 1. The largest absolute Gasteiger partial charge is 0.496 e. The number of carbonyl (C=O) groups is 2. The van der Waals surface area contributed by atoms with Crippen LogP contribution in [0.25, 0.3) is 10.2 Å². The zero-order valence-electron chi connectivity index (χ0n) is 23.9. The van der Waals surface area contributed by atoms with Gasteiger partial charge in [0.1, 0.15) is 27.1 Å². The summed E-state index contributed by atoms with van der Waals surface area (Å²) >= 11 is 0.918. The Balaban J connectivity index is 1.96. The summed E-state index contributed by atoms with van der Waals surface area (Å²) in [5.41, 5.74) is 3.86. The van der Waals surface area contributed by atoms with Gasteiger partial charge >= 0.3 is 11.7 Å². The van der Waals surface area contributed by atoms with E-state index < -0.39 is 40.9 Å². The van der Waals surface area contributed by atoms with E-state index in [2.05, 4.69) is 0 Å². The van der Waals surface area contributed by atoms with E-state index in [0.717, 1.165) is 34.3 Å². The summed E-state index contributed by atoms with van der Waals surface area (Å²) in [5.74, 6) is -1.16. The summed E-state index contributed by atoms with van der Waals surface area (Å²) in [6.07, 6.45) is 1.15. The van der Waals surface area contributed by atoms with Gasteiger partial charge in [0.25, 0.3) is 5.56 Å². The summed E-state index contributed by atoms with van der Waals surface area (Å²) in [7, 11) is 1.49. The lowest BCUT2D eigenvalue weighted by Crippen LogP contribution is -2.54. The van der Waals surface area contributed by atoms with Gasteiger partial charge < -0.3 is 25.4 Å². The first-order valence-electron chi connectivity index (χ1n) is 13.6. The number of aromatic nitrogens is 2. The number of aryl methyl sites for hydroxylation is 1. The lowest BCUT2D eigenvalue weighted by molar-refractivity contribution is -0.125. The molecular formula is C29H37N3O8S. The van der Waals surface area contributed by atoms with Crippen LogP contribution in [0.5, 0.6) is 5.75 Å². The van der Waals surface area contributed by atoms with Gasteiger partial charge in [-0.25, -0.2) is 14.2 Å². The van der Waals surface area contributed by atoms with Crippen molar-refractivity contribution in [3.63, 3.8) is 0 Å². The van der Waals surface area contributed by atoms with Crippen LogP contribution in [0.4, 0.5) is 0 Å². The molecular weight excluding hydrogens is 550 g/mol. The molecule has 4 N–H and O–H groups in total. The fourth-order valence-corrected chi connectivity index (χ4v) is 6.86. The summed E-state index contributed by atoms with van der Waals surface area (Å²) in [6.45, 7) is 5.77. The number of hydrogen-bond donors (Lipinski definition) is 3. The molecule has 11 nitrogen and oxygen atoms in total. The van der Waals surface area contributed by atoms with E-state index in [1.54, 1.807) is 19.9 Å². The van der Waals surface area contributed by atoms with Gasteiger partial charge in [0.15, 0.2) is 0 Å². The molecule has 3 aromatic rings. The van der Waals surface area contributed by atoms with Crippen molar-refractivity contribution in [1.82, 2.24) is 9.13 Å². The Labute approximate surface area is 241 Å². The molecule has 0 bridgehead atoms. The maximum atomic E-state index is 14.0. The number of fused-ring (bicyclic) bond motifs is 1. The summed E-state index contributed by atoms with van der Waals surface area (Å²) in [5, 5.41) is 22.1. The molecule has 0 aliphatic heterocycles. The highest BCUT2D eigenvalue weighted by molar-refractivity contribution is 7.20. The minimum absolute atomic E-state index is 0.0302. The molecule has 2 heterocycles. The van der Waals surface area contributed by atoms with Crippen molar-refractivity contribution < 1.29 is 29.3 Å². The minimum Gasteiger partial charge on any atom is -0.496 e. The summed E-state index contributed by atoms with van der Waals surface area (Å²) in [4.78, 5) is 53.1. The van der Waals surface area contributed by atoms with Crippen molar-refractivity contribution in [2.24, 2.45) is 5.73 Å². The fourth-order valence-electron chi connectivity index (χ4n) is 5.66. The van der Waals surface area contributed by atoms with Gasteiger partial charge in [0, 0.05) is 5.56 Å². The molecule has 0 radical (unpaired) electrons. The van der Waals surface area contributed by atoms with E-state index in [1.165, 1.54) is 25.5 Å². The van der Waals surface area contributed by atoms with Gasteiger partial charge in [0.05, 0.1) is 31.8 Å². The topological polar surface area (TPSA) is 163 Å². The maximum absolute atomic E-state index is 14.0. The molecule has 4 rings (SSSR count). The van der Waals surface area contributed by atoms with Gasteiger partial charge in [-0.15, -0.1) is 11.3 Å². The van der Waals surface area contributed by atoms with Crippen molar-refractivity contribution in [3.8, 4) is 5.75 Å². The van der Waals surface area contributed by atoms with Crippen LogP contribution in [0.2, 0.25) is 0 Å². The van der Waals surface area contributed by atoms with Crippen molar-refractivity contribution in [3.05, 3.63) is 60.6 Å². The molecule has 1 aliphatic rings. The Hall–Kier alpha value is -3.48. The highest BCUT2D eigenvalue weighted by Gasteiger charge is 2.35. The Morgan fingerprint density at radius 2 is 1.95 bits per heavy atom. The Bertz CT molecular complexity index is 1600. The molecule has 12 heteroatoms. The predicted molar refractivity (Wildman–Crippen MR) is 155 cm³/mol. The number of aliphatic hydroxyl groups excluding tert-OH is 2. The second kappa shape index (κ2) is 11.8. The standard InChI is InChI=1S/C29H37N3O8S/c1-6-40-26(36)23-15(2)21-24(35)32(29(3,4)27(30)37)28(38)31(25(21)41-23)14-19(34)22-18(11-8-12-20(22)39-5)16-9-7-10-17(33)13-16/h8,11-12,16-17,19,33-34H,6-7,9-10,13-14H2,1-5H3,(H2,30,37)/t16?,17-,19+/m1/s1. The normalized spacial score (nSPS) is 18.3. The second-order valence-corrected chi connectivity index (χ2v) is 11.9. The third-order valence-corrected chi connectivity index (χ3v) is 9.23. The first-order valence-corrected chi connectivity index (χ1v) is 14.5. The van der Waals surface area contributed by atoms with Crippen molar-refractivity contribution in [2.45, 2.75) is 83.6 Å². The maximum Gasteiger partial charge on any atom is 0.348 e. The molecule has 1 aliphatic carbocycles. The molecule has 222 valence electrons. The highest BCUT2D eigenvalue weighted by Crippen LogP contribution is 2.41. The quantitative estimate of drug-likeness (QED) is 0.322. The van der Waals surface area contributed by atoms with Gasteiger partial charge in [-0.2, -0.15) is 0 Å². The number of nitrogens with two attached hydrogens (primary N) is 1. The molecule has 41 heavy (non-hydrogen) atoms. The number of primary amides is 1. The van der Waals surface area contributed by atoms with E-state index in [4.69, 9.17) is 15.2 Å². The molecule has 2 aromatic heterocycles. The molecule has 1 amide bonds. The number of nitrogens with zero attached hydrogens (tertiary/aromatic N) is 2. The highest BCUT2D eigenvalue weighted by atomic mass is 32.1. The molecule has 1 saturated carbocycles. The van der Waals surface area contributed by atoms with Crippen LogP contribution in [0.1, 0.15) is 84.8 Å². The molecule has 1 fully saturated rings. The van der Waals surface area contributed by atoms with Crippen LogP contribution in [-0.4, -0.2) is 51.0 Å². The Morgan fingerprint density at radius 1 is 1.24 bits per heavy atom. The number of rotatable bonds is 9. The zero-order valence-corrected chi connectivity index (χ0v) is 24.7. The number of methoxy groups -OCH3 is 1. The average molecular weight is 588 g/mol. The number of amides is 1. The van der Waals surface area contributed by atoms with Crippen LogP contribution in [0, 0.1) is 6.92 Å². The van der Waals surface area contributed by atoms with Crippen LogP contribution in [-0.2, 0) is 21.6 Å². The van der Waals surface area contributed by atoms with Gasteiger partial charge in [-0.05, 0) is 70.1 Å². The lowest BCUT2D eigenvalue weighted by Gasteiger charge is -2.30. The third kappa shape index (κ3) is 5.43. The van der Waals surface area contributed by atoms with Gasteiger partial charge in [-0.1, -0.05) is 18.6 Å². The molecule has 1 unspecified atom stereocenters. The SMILES string of the molecule is CCOC(=O)c1sc2c(c1C)c(=O)n(C(C)(C)C(N)=O)c(=O)n2C[C@H](O)c1c(OC)cccc1C1CCC[C@@H](O)C1. The third-order valence-electron chi connectivity index (χ3n) is 7.93. The van der Waals surface area contributed by atoms with Crippen LogP contribution in [0.3, 0.4) is 0 Å². The van der Waals surface area contributed by atoms with E-state index in [0.29, 0.717) is 29.7 Å². The molecule has 0 spiro atoms. The Morgan fingerprint density at radius 3 is 2.56 bits per heavy atom. The second-order valence-electron chi connectivity index (χ2n) is 10.9. The van der Waals surface area contributed by atoms with Gasteiger partial charge in [-0.3, -0.25) is 14.2 Å². The predicted octanol–water partition coefficient (Wildman–Crippen LogP) is 2.69.